The number of ether oxygens (including phenoxy) is 2. The molecular formula is C39H47N9O3. The number of carbonyl (C=O) groups excluding carboxylic acids is 1. The van der Waals surface area contributed by atoms with E-state index in [4.69, 9.17) is 14.5 Å². The SMILES string of the molecule is COc1ccc(-n2cnnn2)cc1C(=O)N1CC[C@](CCN2CCCN(c3nc4ccccc4n3CCOCC3CC3)CC2)(c2ccccc2)C1. The molecule has 8 rings (SSSR count). The van der Waals surface area contributed by atoms with E-state index in [1.165, 1.54) is 30.2 Å². The highest BCUT2D eigenvalue weighted by Gasteiger charge is 2.42. The molecule has 0 N–H and O–H groups in total. The van der Waals surface area contributed by atoms with Crippen LogP contribution in [-0.4, -0.2) is 112 Å². The second-order valence-electron chi connectivity index (χ2n) is 14.3. The average Bonchev–Trinajstić information content (AvgIpc) is 3.54. The van der Waals surface area contributed by atoms with Crippen LogP contribution in [0, 0.1) is 5.92 Å². The topological polar surface area (TPSA) is 107 Å². The van der Waals surface area contributed by atoms with Gasteiger partial charge in [-0.3, -0.25) is 4.79 Å². The molecule has 0 bridgehead atoms. The van der Waals surface area contributed by atoms with Gasteiger partial charge in [0.15, 0.2) is 0 Å². The number of hydrogen-bond donors (Lipinski definition) is 0. The minimum Gasteiger partial charge on any atom is -0.496 e. The second-order valence-corrected chi connectivity index (χ2v) is 14.3. The van der Waals surface area contributed by atoms with Crippen molar-refractivity contribution in [1.29, 1.82) is 0 Å². The standard InChI is InChI=1S/C39H47N9O3/c1-50-36-15-14-32(48-29-40-42-43-48)26-33(36)37(49)46-21-17-39(28-46,31-8-3-2-4-9-31)16-20-44-18-7-19-45(23-22-44)38-41-34-10-5-6-11-35(34)47(38)24-25-51-27-30-12-13-30/h2-6,8-11,14-15,26,29-30H,7,12-13,16-25,27-28H2,1H3/t39-/m0/s1. The Balaban J connectivity index is 0.958. The predicted molar refractivity (Wildman–Crippen MR) is 196 cm³/mol. The van der Waals surface area contributed by atoms with Crippen molar-refractivity contribution in [2.24, 2.45) is 5.92 Å². The Morgan fingerprint density at radius 1 is 0.941 bits per heavy atom. The number of methoxy groups -OCH3 is 1. The predicted octanol–water partition coefficient (Wildman–Crippen LogP) is 4.83. The van der Waals surface area contributed by atoms with Crippen LogP contribution >= 0.6 is 0 Å². The van der Waals surface area contributed by atoms with Gasteiger partial charge >= 0.3 is 0 Å². The van der Waals surface area contributed by atoms with Gasteiger partial charge in [0.05, 0.1) is 36.0 Å². The van der Waals surface area contributed by atoms with Crippen LogP contribution in [0.15, 0.2) is 79.1 Å². The number of fused-ring (bicyclic) bond motifs is 1. The van der Waals surface area contributed by atoms with E-state index >= 15 is 0 Å². The fraction of sp³-hybridized carbons (Fsp3) is 0.462. The van der Waals surface area contributed by atoms with E-state index < -0.39 is 0 Å². The Bertz CT molecular complexity index is 1930. The third kappa shape index (κ3) is 7.20. The number of carbonyl (C=O) groups is 1. The fourth-order valence-electron chi connectivity index (χ4n) is 7.86. The molecule has 1 amide bonds. The molecule has 2 saturated heterocycles. The van der Waals surface area contributed by atoms with E-state index in [2.05, 4.69) is 84.5 Å². The lowest BCUT2D eigenvalue weighted by Gasteiger charge is -2.33. The Morgan fingerprint density at radius 2 is 1.80 bits per heavy atom. The van der Waals surface area contributed by atoms with Gasteiger partial charge in [0.2, 0.25) is 5.95 Å². The molecule has 5 aromatic rings. The van der Waals surface area contributed by atoms with Crippen LogP contribution in [-0.2, 0) is 16.7 Å². The molecule has 1 aliphatic carbocycles. The summed E-state index contributed by atoms with van der Waals surface area (Å²) >= 11 is 0. The van der Waals surface area contributed by atoms with E-state index in [9.17, 15) is 4.79 Å². The number of anilines is 1. The summed E-state index contributed by atoms with van der Waals surface area (Å²) < 4.78 is 15.6. The highest BCUT2D eigenvalue weighted by atomic mass is 16.5. The first-order chi connectivity index (χ1) is 25.1. The third-order valence-electron chi connectivity index (χ3n) is 11.0. The van der Waals surface area contributed by atoms with Gasteiger partial charge in [-0.1, -0.05) is 42.5 Å². The number of para-hydroxylation sites is 2. The third-order valence-corrected chi connectivity index (χ3v) is 11.0. The van der Waals surface area contributed by atoms with Gasteiger partial charge < -0.3 is 28.7 Å². The van der Waals surface area contributed by atoms with Crippen molar-refractivity contribution in [2.45, 2.75) is 44.1 Å². The maximum absolute atomic E-state index is 14.2. The van der Waals surface area contributed by atoms with Crippen molar-refractivity contribution < 1.29 is 14.3 Å². The molecular weight excluding hydrogens is 642 g/mol. The molecule has 51 heavy (non-hydrogen) atoms. The molecule has 3 aliphatic rings. The van der Waals surface area contributed by atoms with Gasteiger partial charge in [0.1, 0.15) is 12.1 Å². The van der Waals surface area contributed by atoms with E-state index in [-0.39, 0.29) is 11.3 Å². The van der Waals surface area contributed by atoms with Crippen LogP contribution in [0.3, 0.4) is 0 Å². The van der Waals surface area contributed by atoms with Gasteiger partial charge in [0, 0.05) is 51.3 Å². The number of amides is 1. The van der Waals surface area contributed by atoms with Crippen molar-refractivity contribution in [3.05, 3.63) is 90.3 Å². The monoisotopic (exact) mass is 689 g/mol. The lowest BCUT2D eigenvalue weighted by Crippen LogP contribution is -2.39. The van der Waals surface area contributed by atoms with Crippen molar-refractivity contribution in [3.8, 4) is 11.4 Å². The molecule has 2 aromatic heterocycles. The lowest BCUT2D eigenvalue weighted by atomic mass is 9.76. The number of nitrogens with zero attached hydrogens (tertiary/aromatic N) is 9. The summed E-state index contributed by atoms with van der Waals surface area (Å²) in [5.74, 6) is 2.32. The average molecular weight is 690 g/mol. The first-order valence-corrected chi connectivity index (χ1v) is 18.4. The van der Waals surface area contributed by atoms with Gasteiger partial charge in [-0.2, -0.15) is 0 Å². The fourth-order valence-corrected chi connectivity index (χ4v) is 7.86. The normalized spacial score (nSPS) is 19.9. The van der Waals surface area contributed by atoms with Crippen LogP contribution in [0.25, 0.3) is 16.7 Å². The van der Waals surface area contributed by atoms with E-state index in [1.54, 1.807) is 11.8 Å². The highest BCUT2D eigenvalue weighted by Crippen LogP contribution is 2.39. The zero-order valence-corrected chi connectivity index (χ0v) is 29.4. The van der Waals surface area contributed by atoms with E-state index in [0.717, 1.165) is 82.5 Å². The number of imidazole rings is 1. The van der Waals surface area contributed by atoms with Gasteiger partial charge in [-0.15, -0.1) is 5.10 Å². The number of hydrogen-bond acceptors (Lipinski definition) is 9. The molecule has 0 unspecified atom stereocenters. The molecule has 266 valence electrons. The van der Waals surface area contributed by atoms with Gasteiger partial charge in [-0.25, -0.2) is 9.67 Å². The molecule has 3 fully saturated rings. The smallest absolute Gasteiger partial charge is 0.257 e. The summed E-state index contributed by atoms with van der Waals surface area (Å²) in [5, 5.41) is 11.5. The summed E-state index contributed by atoms with van der Waals surface area (Å²) in [6, 6.07) is 24.7. The number of aromatic nitrogens is 6. The second kappa shape index (κ2) is 14.8. The Hall–Kier alpha value is -4.81. The summed E-state index contributed by atoms with van der Waals surface area (Å²) in [5.41, 5.74) is 4.60. The summed E-state index contributed by atoms with van der Waals surface area (Å²) in [6.07, 6.45) is 7.09. The molecule has 1 saturated carbocycles. The summed E-state index contributed by atoms with van der Waals surface area (Å²) in [6.45, 7) is 8.60. The summed E-state index contributed by atoms with van der Waals surface area (Å²) in [7, 11) is 1.60. The molecule has 4 heterocycles. The molecule has 3 aromatic carbocycles. The first kappa shape index (κ1) is 33.3. The van der Waals surface area contributed by atoms with Crippen LogP contribution in [0.2, 0.25) is 0 Å². The highest BCUT2D eigenvalue weighted by molar-refractivity contribution is 5.98. The maximum atomic E-state index is 14.2. The summed E-state index contributed by atoms with van der Waals surface area (Å²) in [4.78, 5) is 26.4. The minimum atomic E-state index is -0.141. The largest absolute Gasteiger partial charge is 0.496 e. The van der Waals surface area contributed by atoms with Crippen molar-refractivity contribution in [2.75, 3.05) is 71.0 Å². The molecule has 0 spiro atoms. The number of benzene rings is 3. The van der Waals surface area contributed by atoms with E-state index in [0.29, 0.717) is 36.7 Å². The number of likely N-dealkylation sites (tertiary alicyclic amines) is 1. The molecule has 1 atom stereocenters. The number of rotatable bonds is 13. The molecule has 0 radical (unpaired) electrons. The van der Waals surface area contributed by atoms with Crippen molar-refractivity contribution >= 4 is 22.9 Å². The van der Waals surface area contributed by atoms with Crippen LogP contribution in [0.5, 0.6) is 5.75 Å². The zero-order valence-electron chi connectivity index (χ0n) is 29.4. The Labute approximate surface area is 298 Å². The number of tetrazole rings is 1. The zero-order chi connectivity index (χ0) is 34.6. The van der Waals surface area contributed by atoms with Crippen molar-refractivity contribution in [1.82, 2.24) is 39.6 Å². The molecule has 12 heteroatoms. The van der Waals surface area contributed by atoms with E-state index in [1.807, 2.05) is 23.1 Å². The Kier molecular flexibility index (Phi) is 9.68. The van der Waals surface area contributed by atoms with Crippen molar-refractivity contribution in [3.63, 3.8) is 0 Å². The quantitative estimate of drug-likeness (QED) is 0.161. The molecule has 12 nitrogen and oxygen atoms in total. The Morgan fingerprint density at radius 3 is 2.63 bits per heavy atom. The molecule has 2 aliphatic heterocycles. The van der Waals surface area contributed by atoms with Crippen LogP contribution in [0.1, 0.15) is 48.0 Å². The minimum absolute atomic E-state index is 0.0363. The van der Waals surface area contributed by atoms with Crippen LogP contribution in [0.4, 0.5) is 5.95 Å². The van der Waals surface area contributed by atoms with Crippen LogP contribution < -0.4 is 9.64 Å². The van der Waals surface area contributed by atoms with Gasteiger partial charge in [-0.05, 0) is 97.4 Å². The first-order valence-electron chi connectivity index (χ1n) is 18.4. The maximum Gasteiger partial charge on any atom is 0.257 e. The van der Waals surface area contributed by atoms with Gasteiger partial charge in [0.25, 0.3) is 5.91 Å². The lowest BCUT2D eigenvalue weighted by molar-refractivity contribution is 0.0777.